The average Bonchev–Trinajstić information content (AvgIpc) is 2.59. The van der Waals surface area contributed by atoms with Crippen molar-refractivity contribution in [2.45, 2.75) is 26.2 Å². The van der Waals surface area contributed by atoms with Crippen molar-refractivity contribution in [2.24, 2.45) is 0 Å². The van der Waals surface area contributed by atoms with E-state index in [0.29, 0.717) is 0 Å². The predicted molar refractivity (Wildman–Crippen MR) is 66.0 cm³/mol. The number of ether oxygens (including phenoxy) is 1. The summed E-state index contributed by atoms with van der Waals surface area (Å²) < 4.78 is 4.62. The first-order chi connectivity index (χ1) is 7.75. The van der Waals surface area contributed by atoms with Gasteiger partial charge in [-0.2, -0.15) is 0 Å². The Morgan fingerprint density at radius 1 is 1.41 bits per heavy atom. The van der Waals surface area contributed by atoms with Crippen molar-refractivity contribution in [3.05, 3.63) is 15.8 Å². The maximum Gasteiger partial charge on any atom is 0.409 e. The van der Waals surface area contributed by atoms with Crippen LogP contribution in [0.3, 0.4) is 0 Å². The van der Waals surface area contributed by atoms with Crippen LogP contribution >= 0.6 is 11.3 Å². The lowest BCUT2D eigenvalue weighted by Crippen LogP contribution is -2.10. The van der Waals surface area contributed by atoms with Crippen molar-refractivity contribution in [2.75, 3.05) is 12.4 Å². The number of rotatable bonds is 2. The van der Waals surface area contributed by atoms with Gasteiger partial charge in [0.05, 0.1) is 12.8 Å². The number of thiophene rings is 1. The summed E-state index contributed by atoms with van der Waals surface area (Å²) in [6.45, 7) is 5.97. The van der Waals surface area contributed by atoms with Gasteiger partial charge in [0.25, 0.3) is 0 Å². The predicted octanol–water partition coefficient (Wildman–Crippen LogP) is 2.92. The Kier molecular flexibility index (Phi) is 3.77. The van der Waals surface area contributed by atoms with Gasteiger partial charge >= 0.3 is 12.1 Å². The van der Waals surface area contributed by atoms with Gasteiger partial charge in [-0.1, -0.05) is 20.8 Å². The lowest BCUT2D eigenvalue weighted by atomic mass is 9.94. The van der Waals surface area contributed by atoms with Crippen molar-refractivity contribution in [1.82, 2.24) is 0 Å². The maximum absolute atomic E-state index is 11.5. The van der Waals surface area contributed by atoms with E-state index in [1.165, 1.54) is 18.4 Å². The molecule has 1 heterocycles. The molecule has 1 aromatic rings. The molecule has 2 N–H and O–H groups in total. The third-order valence-electron chi connectivity index (χ3n) is 2.08. The Hall–Kier alpha value is -1.56. The zero-order chi connectivity index (χ0) is 13.2. The second kappa shape index (κ2) is 4.75. The molecule has 0 aliphatic carbocycles. The number of hydrogen-bond donors (Lipinski definition) is 2. The number of hydrogen-bond acceptors (Lipinski definition) is 4. The van der Waals surface area contributed by atoms with E-state index < -0.39 is 12.1 Å². The summed E-state index contributed by atoms with van der Waals surface area (Å²) in [5.74, 6) is -0.533. The summed E-state index contributed by atoms with van der Waals surface area (Å²) in [6, 6.07) is 1.67. The summed E-state index contributed by atoms with van der Waals surface area (Å²) in [4.78, 5) is 23.3. The molecule has 0 saturated heterocycles. The Bertz CT molecular complexity index is 445. The standard InChI is InChI=1S/C11H15NO4S/c1-11(2,3)7-5-6(12-10(14)15)8(17-7)9(13)16-4/h5,12H,1-4H3,(H,14,15). The van der Waals surface area contributed by atoms with Crippen LogP contribution in [0.5, 0.6) is 0 Å². The van der Waals surface area contributed by atoms with E-state index >= 15 is 0 Å². The zero-order valence-corrected chi connectivity index (χ0v) is 11.0. The van der Waals surface area contributed by atoms with Gasteiger partial charge in [-0.25, -0.2) is 9.59 Å². The first-order valence-electron chi connectivity index (χ1n) is 4.98. The number of amides is 1. The van der Waals surface area contributed by atoms with E-state index in [-0.39, 0.29) is 16.0 Å². The number of methoxy groups -OCH3 is 1. The van der Waals surface area contributed by atoms with Crippen molar-refractivity contribution >= 4 is 29.1 Å². The molecule has 1 aromatic heterocycles. The number of esters is 1. The second-order valence-electron chi connectivity index (χ2n) is 4.53. The number of carboxylic acid groups (broad SMARTS) is 1. The number of carbonyl (C=O) groups excluding carboxylic acids is 1. The van der Waals surface area contributed by atoms with Crippen LogP contribution in [-0.2, 0) is 10.2 Å². The smallest absolute Gasteiger partial charge is 0.409 e. The van der Waals surface area contributed by atoms with Crippen LogP contribution in [0, 0.1) is 0 Å². The molecule has 1 rings (SSSR count). The van der Waals surface area contributed by atoms with E-state index in [1.807, 2.05) is 20.8 Å². The highest BCUT2D eigenvalue weighted by molar-refractivity contribution is 7.14. The van der Waals surface area contributed by atoms with Gasteiger partial charge in [0, 0.05) is 4.88 Å². The Morgan fingerprint density at radius 3 is 2.41 bits per heavy atom. The molecular weight excluding hydrogens is 242 g/mol. The minimum atomic E-state index is -1.20. The fraction of sp³-hybridized carbons (Fsp3) is 0.455. The van der Waals surface area contributed by atoms with Crippen molar-refractivity contribution in [3.8, 4) is 0 Å². The molecule has 0 fully saturated rings. The molecule has 0 radical (unpaired) electrons. The molecule has 6 heteroatoms. The zero-order valence-electron chi connectivity index (χ0n) is 10.2. The van der Waals surface area contributed by atoms with E-state index in [9.17, 15) is 9.59 Å². The number of anilines is 1. The Morgan fingerprint density at radius 2 is 2.00 bits per heavy atom. The fourth-order valence-electron chi connectivity index (χ4n) is 1.21. The minimum absolute atomic E-state index is 0.147. The largest absolute Gasteiger partial charge is 0.465 e. The Labute approximate surface area is 103 Å². The van der Waals surface area contributed by atoms with Gasteiger partial charge in [0.15, 0.2) is 0 Å². The summed E-state index contributed by atoms with van der Waals surface area (Å²) in [7, 11) is 1.27. The van der Waals surface area contributed by atoms with Gasteiger partial charge in [0.2, 0.25) is 0 Å². The monoisotopic (exact) mass is 257 g/mol. The van der Waals surface area contributed by atoms with Crippen molar-refractivity contribution in [3.63, 3.8) is 0 Å². The van der Waals surface area contributed by atoms with E-state index in [0.717, 1.165) is 4.88 Å². The highest BCUT2D eigenvalue weighted by atomic mass is 32.1. The molecule has 0 atom stereocenters. The molecule has 0 spiro atoms. The topological polar surface area (TPSA) is 75.6 Å². The van der Waals surface area contributed by atoms with Gasteiger partial charge in [-0.05, 0) is 11.5 Å². The lowest BCUT2D eigenvalue weighted by molar-refractivity contribution is 0.0607. The van der Waals surface area contributed by atoms with Crippen molar-refractivity contribution < 1.29 is 19.4 Å². The fourth-order valence-corrected chi connectivity index (χ4v) is 2.30. The molecule has 0 aliphatic rings. The molecule has 17 heavy (non-hydrogen) atoms. The first kappa shape index (κ1) is 13.5. The van der Waals surface area contributed by atoms with E-state index in [2.05, 4.69) is 10.1 Å². The van der Waals surface area contributed by atoms with Crippen LogP contribution in [0.25, 0.3) is 0 Å². The normalized spacial score (nSPS) is 11.1. The molecule has 0 aliphatic heterocycles. The van der Waals surface area contributed by atoms with Crippen LogP contribution in [0.4, 0.5) is 10.5 Å². The molecule has 94 valence electrons. The summed E-state index contributed by atoms with van der Waals surface area (Å²) in [5, 5.41) is 10.9. The van der Waals surface area contributed by atoms with E-state index in [4.69, 9.17) is 5.11 Å². The second-order valence-corrected chi connectivity index (χ2v) is 5.58. The van der Waals surface area contributed by atoms with Gasteiger partial charge in [-0.3, -0.25) is 5.32 Å². The van der Waals surface area contributed by atoms with Gasteiger partial charge < -0.3 is 9.84 Å². The first-order valence-corrected chi connectivity index (χ1v) is 5.80. The number of nitrogens with one attached hydrogen (secondary N) is 1. The molecule has 5 nitrogen and oxygen atoms in total. The molecule has 0 bridgehead atoms. The lowest BCUT2D eigenvalue weighted by Gasteiger charge is -2.15. The molecular formula is C11H15NO4S. The minimum Gasteiger partial charge on any atom is -0.465 e. The summed E-state index contributed by atoms with van der Waals surface area (Å²) in [6.07, 6.45) is -1.20. The van der Waals surface area contributed by atoms with Crippen LogP contribution in [0.2, 0.25) is 0 Å². The van der Waals surface area contributed by atoms with Crippen LogP contribution < -0.4 is 5.32 Å². The van der Waals surface area contributed by atoms with Crippen LogP contribution in [0.15, 0.2) is 6.07 Å². The Balaban J connectivity index is 3.21. The van der Waals surface area contributed by atoms with Crippen LogP contribution in [-0.4, -0.2) is 24.3 Å². The summed E-state index contributed by atoms with van der Waals surface area (Å²) in [5.41, 5.74) is 0.130. The molecule has 0 saturated carbocycles. The van der Waals surface area contributed by atoms with E-state index in [1.54, 1.807) is 6.07 Å². The van der Waals surface area contributed by atoms with Crippen molar-refractivity contribution in [1.29, 1.82) is 0 Å². The SMILES string of the molecule is COC(=O)c1sc(C(C)(C)C)cc1NC(=O)O. The number of carbonyl (C=O) groups is 2. The van der Waals surface area contributed by atoms with Crippen LogP contribution in [0.1, 0.15) is 35.3 Å². The third kappa shape index (κ3) is 3.20. The van der Waals surface area contributed by atoms with Gasteiger partial charge in [-0.15, -0.1) is 11.3 Å². The average molecular weight is 257 g/mol. The van der Waals surface area contributed by atoms with Gasteiger partial charge in [0.1, 0.15) is 4.88 Å². The molecule has 1 amide bonds. The summed E-state index contributed by atoms with van der Waals surface area (Å²) >= 11 is 1.24. The third-order valence-corrected chi connectivity index (χ3v) is 3.62. The molecule has 0 unspecified atom stereocenters. The molecule has 0 aromatic carbocycles. The highest BCUT2D eigenvalue weighted by Crippen LogP contribution is 2.35. The maximum atomic E-state index is 11.5. The highest BCUT2D eigenvalue weighted by Gasteiger charge is 2.24. The quantitative estimate of drug-likeness (QED) is 0.799.